The lowest BCUT2D eigenvalue weighted by molar-refractivity contribution is 0.306. The Morgan fingerprint density at radius 1 is 0.850 bits per heavy atom. The van der Waals surface area contributed by atoms with Gasteiger partial charge in [0.15, 0.2) is 0 Å². The molecule has 0 spiro atoms. The van der Waals surface area contributed by atoms with E-state index in [4.69, 9.17) is 4.74 Å². The van der Waals surface area contributed by atoms with Crippen LogP contribution in [-0.2, 0) is 6.61 Å². The van der Waals surface area contributed by atoms with E-state index in [1.54, 1.807) is 6.20 Å². The third-order valence-electron chi connectivity index (χ3n) is 2.94. The zero-order valence-corrected chi connectivity index (χ0v) is 13.7. The Balaban J connectivity index is 1.79. The van der Waals surface area contributed by atoms with Crippen LogP contribution in [0.25, 0.3) is 10.8 Å². The maximum atomic E-state index is 5.81. The Kier molecular flexibility index (Phi) is 4.03. The van der Waals surface area contributed by atoms with Crippen LogP contribution < -0.4 is 4.74 Å². The lowest BCUT2D eigenvalue weighted by atomic mass is 10.1. The molecule has 0 fully saturated rings. The molecular weight excluding hydrogens is 382 g/mol. The molecule has 4 heteroatoms. The van der Waals surface area contributed by atoms with Gasteiger partial charge in [-0.15, -0.1) is 0 Å². The molecule has 0 N–H and O–H groups in total. The number of aromatic nitrogens is 1. The zero-order chi connectivity index (χ0) is 13.9. The summed E-state index contributed by atoms with van der Waals surface area (Å²) in [7, 11) is 0. The van der Waals surface area contributed by atoms with Crippen molar-refractivity contribution in [3.05, 3.63) is 69.4 Å². The molecule has 1 heterocycles. The molecule has 20 heavy (non-hydrogen) atoms. The third kappa shape index (κ3) is 3.19. The molecule has 0 aliphatic heterocycles. The van der Waals surface area contributed by atoms with Crippen molar-refractivity contribution >= 4 is 42.6 Å². The summed E-state index contributed by atoms with van der Waals surface area (Å²) in [5.41, 5.74) is 1.04. The minimum absolute atomic E-state index is 0.508. The molecule has 0 radical (unpaired) electrons. The van der Waals surface area contributed by atoms with E-state index in [-0.39, 0.29) is 0 Å². The molecule has 0 saturated carbocycles. The lowest BCUT2D eigenvalue weighted by Crippen LogP contribution is -1.96. The summed E-state index contributed by atoms with van der Waals surface area (Å²) < 4.78 is 7.86. The van der Waals surface area contributed by atoms with Crippen LogP contribution in [0.3, 0.4) is 0 Å². The number of benzene rings is 2. The van der Waals surface area contributed by atoms with Crippen LogP contribution in [0.15, 0.2) is 63.8 Å². The van der Waals surface area contributed by atoms with E-state index in [0.29, 0.717) is 6.61 Å². The number of nitrogens with zero attached hydrogens (tertiary/aromatic N) is 1. The maximum Gasteiger partial charge on any atom is 0.120 e. The van der Waals surface area contributed by atoms with Gasteiger partial charge in [-0.3, -0.25) is 4.98 Å². The van der Waals surface area contributed by atoms with E-state index in [1.807, 2.05) is 30.5 Å². The molecule has 0 aliphatic rings. The second kappa shape index (κ2) is 5.94. The fourth-order valence-electron chi connectivity index (χ4n) is 1.99. The van der Waals surface area contributed by atoms with Crippen LogP contribution in [0.5, 0.6) is 5.75 Å². The lowest BCUT2D eigenvalue weighted by Gasteiger charge is -2.08. The van der Waals surface area contributed by atoms with Crippen molar-refractivity contribution in [3.63, 3.8) is 0 Å². The van der Waals surface area contributed by atoms with Crippen molar-refractivity contribution in [1.29, 1.82) is 0 Å². The topological polar surface area (TPSA) is 22.1 Å². The maximum absolute atomic E-state index is 5.81. The van der Waals surface area contributed by atoms with Gasteiger partial charge in [-0.1, -0.05) is 28.1 Å². The van der Waals surface area contributed by atoms with Crippen molar-refractivity contribution in [2.45, 2.75) is 6.61 Å². The largest absolute Gasteiger partial charge is 0.489 e. The molecule has 0 aliphatic carbocycles. The van der Waals surface area contributed by atoms with E-state index in [9.17, 15) is 0 Å². The van der Waals surface area contributed by atoms with Crippen molar-refractivity contribution in [3.8, 4) is 5.75 Å². The van der Waals surface area contributed by atoms with Gasteiger partial charge < -0.3 is 4.74 Å². The summed E-state index contributed by atoms with van der Waals surface area (Å²) in [6.45, 7) is 0.508. The van der Waals surface area contributed by atoms with E-state index in [0.717, 1.165) is 25.6 Å². The highest BCUT2D eigenvalue weighted by Crippen LogP contribution is 2.24. The smallest absolute Gasteiger partial charge is 0.120 e. The first kappa shape index (κ1) is 13.6. The first-order chi connectivity index (χ1) is 9.70. The van der Waals surface area contributed by atoms with E-state index >= 15 is 0 Å². The first-order valence-electron chi connectivity index (χ1n) is 6.12. The minimum atomic E-state index is 0.508. The summed E-state index contributed by atoms with van der Waals surface area (Å²) >= 11 is 6.88. The Morgan fingerprint density at radius 2 is 1.65 bits per heavy atom. The highest BCUT2D eigenvalue weighted by atomic mass is 79.9. The Labute approximate surface area is 134 Å². The van der Waals surface area contributed by atoms with E-state index in [2.05, 4.69) is 55.0 Å². The normalized spacial score (nSPS) is 10.7. The van der Waals surface area contributed by atoms with E-state index < -0.39 is 0 Å². The van der Waals surface area contributed by atoms with Gasteiger partial charge in [0.05, 0.1) is 0 Å². The van der Waals surface area contributed by atoms with Crippen LogP contribution in [-0.4, -0.2) is 4.98 Å². The highest BCUT2D eigenvalue weighted by molar-refractivity contribution is 9.10. The number of hydrogen-bond donors (Lipinski definition) is 0. The summed E-state index contributed by atoms with van der Waals surface area (Å²) in [5, 5.41) is 2.36. The monoisotopic (exact) mass is 391 g/mol. The predicted octanol–water partition coefficient (Wildman–Crippen LogP) is 5.34. The average Bonchev–Trinajstić information content (AvgIpc) is 2.45. The van der Waals surface area contributed by atoms with Crippen LogP contribution in [0, 0.1) is 0 Å². The number of pyridine rings is 1. The molecule has 3 aromatic rings. The second-order valence-electron chi connectivity index (χ2n) is 4.45. The molecule has 2 aromatic carbocycles. The molecule has 3 rings (SSSR count). The fraction of sp³-hybridized carbons (Fsp3) is 0.0625. The van der Waals surface area contributed by atoms with Crippen LogP contribution in [0.1, 0.15) is 5.56 Å². The molecule has 0 bridgehead atoms. The van der Waals surface area contributed by atoms with Gasteiger partial charge in [0.25, 0.3) is 0 Å². The molecule has 100 valence electrons. The van der Waals surface area contributed by atoms with Crippen molar-refractivity contribution in [2.24, 2.45) is 0 Å². The molecule has 2 nitrogen and oxygen atoms in total. The molecule has 0 amide bonds. The van der Waals surface area contributed by atoms with Gasteiger partial charge in [0.1, 0.15) is 12.4 Å². The SMILES string of the molecule is Brc1cncc(COc2ccc3cc(Br)ccc3c2)c1. The van der Waals surface area contributed by atoms with Crippen molar-refractivity contribution < 1.29 is 4.74 Å². The molecule has 0 unspecified atom stereocenters. The first-order valence-corrected chi connectivity index (χ1v) is 7.71. The van der Waals surface area contributed by atoms with Crippen LogP contribution in [0.2, 0.25) is 0 Å². The summed E-state index contributed by atoms with van der Waals surface area (Å²) in [5.74, 6) is 0.861. The molecule has 1 aromatic heterocycles. The van der Waals surface area contributed by atoms with Gasteiger partial charge in [0, 0.05) is 26.9 Å². The van der Waals surface area contributed by atoms with Crippen LogP contribution >= 0.6 is 31.9 Å². The van der Waals surface area contributed by atoms with Gasteiger partial charge in [-0.25, -0.2) is 0 Å². The third-order valence-corrected chi connectivity index (χ3v) is 3.87. The van der Waals surface area contributed by atoms with Crippen LogP contribution in [0.4, 0.5) is 0 Å². The Bertz CT molecular complexity index is 758. The van der Waals surface area contributed by atoms with E-state index in [1.165, 1.54) is 5.39 Å². The fourth-order valence-corrected chi connectivity index (χ4v) is 2.78. The predicted molar refractivity (Wildman–Crippen MR) is 87.9 cm³/mol. The standard InChI is InChI=1S/C16H11Br2NO/c17-14-3-1-13-7-16(4-2-12(13)6-14)20-10-11-5-15(18)9-19-8-11/h1-9H,10H2. The number of ether oxygens (including phenoxy) is 1. The van der Waals surface area contributed by atoms with Gasteiger partial charge in [-0.05, 0) is 57.0 Å². The summed E-state index contributed by atoms with van der Waals surface area (Å²) in [6, 6.07) is 14.3. The van der Waals surface area contributed by atoms with Crippen molar-refractivity contribution in [2.75, 3.05) is 0 Å². The molecule has 0 atom stereocenters. The average molecular weight is 393 g/mol. The zero-order valence-electron chi connectivity index (χ0n) is 10.5. The minimum Gasteiger partial charge on any atom is -0.489 e. The molecular formula is C16H11Br2NO. The Hall–Kier alpha value is -1.39. The highest BCUT2D eigenvalue weighted by Gasteiger charge is 2.00. The number of rotatable bonds is 3. The number of halogens is 2. The van der Waals surface area contributed by atoms with Gasteiger partial charge in [0.2, 0.25) is 0 Å². The number of hydrogen-bond acceptors (Lipinski definition) is 2. The Morgan fingerprint density at radius 3 is 2.50 bits per heavy atom. The summed E-state index contributed by atoms with van der Waals surface area (Å²) in [6.07, 6.45) is 3.57. The second-order valence-corrected chi connectivity index (χ2v) is 6.28. The van der Waals surface area contributed by atoms with Crippen molar-refractivity contribution in [1.82, 2.24) is 4.98 Å². The quantitative estimate of drug-likeness (QED) is 0.600. The summed E-state index contributed by atoms with van der Waals surface area (Å²) in [4.78, 5) is 4.12. The number of fused-ring (bicyclic) bond motifs is 1. The van der Waals surface area contributed by atoms with Gasteiger partial charge >= 0.3 is 0 Å². The molecule has 0 saturated heterocycles. The van der Waals surface area contributed by atoms with Gasteiger partial charge in [-0.2, -0.15) is 0 Å².